The fourth-order valence-electron chi connectivity index (χ4n) is 4.96. The first-order valence-corrected chi connectivity index (χ1v) is 11.2. The van der Waals surface area contributed by atoms with Crippen LogP contribution >= 0.6 is 0 Å². The largest absolute Gasteiger partial charge is 0.497 e. The van der Waals surface area contributed by atoms with E-state index < -0.39 is 23.3 Å². The van der Waals surface area contributed by atoms with Gasteiger partial charge in [0.1, 0.15) is 11.9 Å². The Morgan fingerprint density at radius 1 is 0.667 bits per heavy atom. The molecule has 0 radical (unpaired) electrons. The van der Waals surface area contributed by atoms with E-state index in [0.29, 0.717) is 54.7 Å². The summed E-state index contributed by atoms with van der Waals surface area (Å²) in [6.45, 7) is 0.417. The molecule has 1 aliphatic carbocycles. The highest BCUT2D eigenvalue weighted by Gasteiger charge is 2.33. The van der Waals surface area contributed by atoms with Crippen LogP contribution in [0.4, 0.5) is 17.6 Å². The SMILES string of the molecule is COc1ccc(-c2ccc(C3CCC(c4ccc(C5CO5)c(F)c4F)CC3)c(F)c2F)cc1. The highest BCUT2D eigenvalue weighted by molar-refractivity contribution is 5.65. The van der Waals surface area contributed by atoms with Crippen molar-refractivity contribution < 1.29 is 27.0 Å². The fourth-order valence-corrected chi connectivity index (χ4v) is 4.96. The minimum absolute atomic E-state index is 0.142. The van der Waals surface area contributed by atoms with Crippen molar-refractivity contribution in [2.75, 3.05) is 13.7 Å². The van der Waals surface area contributed by atoms with E-state index in [1.54, 1.807) is 55.6 Å². The van der Waals surface area contributed by atoms with E-state index in [-0.39, 0.29) is 29.1 Å². The van der Waals surface area contributed by atoms with Crippen molar-refractivity contribution in [2.45, 2.75) is 43.6 Å². The van der Waals surface area contributed by atoms with Gasteiger partial charge in [0.15, 0.2) is 23.3 Å². The van der Waals surface area contributed by atoms with Crippen molar-refractivity contribution >= 4 is 0 Å². The maximum Gasteiger partial charge on any atom is 0.166 e. The molecule has 33 heavy (non-hydrogen) atoms. The van der Waals surface area contributed by atoms with Crippen LogP contribution in [0, 0.1) is 23.3 Å². The van der Waals surface area contributed by atoms with Gasteiger partial charge in [-0.1, -0.05) is 36.4 Å². The van der Waals surface area contributed by atoms with E-state index in [1.807, 2.05) is 0 Å². The predicted octanol–water partition coefficient (Wildman–Crippen LogP) is 7.43. The number of hydrogen-bond donors (Lipinski definition) is 0. The van der Waals surface area contributed by atoms with Crippen LogP contribution in [0.1, 0.15) is 60.3 Å². The minimum atomic E-state index is -0.870. The molecule has 3 aromatic rings. The monoisotopic (exact) mass is 456 g/mol. The van der Waals surface area contributed by atoms with Crippen molar-refractivity contribution in [3.05, 3.63) is 88.5 Å². The minimum Gasteiger partial charge on any atom is -0.497 e. The average molecular weight is 456 g/mol. The van der Waals surface area contributed by atoms with Crippen molar-refractivity contribution in [1.29, 1.82) is 0 Å². The number of hydrogen-bond acceptors (Lipinski definition) is 2. The Balaban J connectivity index is 1.32. The molecular formula is C27H24F4O2. The van der Waals surface area contributed by atoms with E-state index in [4.69, 9.17) is 9.47 Å². The van der Waals surface area contributed by atoms with Crippen molar-refractivity contribution in [1.82, 2.24) is 0 Å². The molecule has 0 amide bonds. The molecule has 0 N–H and O–H groups in total. The van der Waals surface area contributed by atoms with Crippen LogP contribution in [0.5, 0.6) is 5.75 Å². The predicted molar refractivity (Wildman–Crippen MR) is 117 cm³/mol. The molecule has 3 aromatic carbocycles. The second-order valence-corrected chi connectivity index (χ2v) is 8.80. The van der Waals surface area contributed by atoms with Crippen LogP contribution < -0.4 is 4.74 Å². The third-order valence-corrected chi connectivity index (χ3v) is 6.94. The summed E-state index contributed by atoms with van der Waals surface area (Å²) in [5.74, 6) is -3.01. The molecule has 5 rings (SSSR count). The Morgan fingerprint density at radius 2 is 1.15 bits per heavy atom. The molecule has 172 valence electrons. The third kappa shape index (κ3) is 4.12. The second kappa shape index (κ2) is 8.82. The molecule has 0 aromatic heterocycles. The van der Waals surface area contributed by atoms with Crippen LogP contribution in [-0.2, 0) is 4.74 Å². The quantitative estimate of drug-likeness (QED) is 0.294. The van der Waals surface area contributed by atoms with Crippen molar-refractivity contribution in [2.24, 2.45) is 0 Å². The van der Waals surface area contributed by atoms with Gasteiger partial charge in [0.25, 0.3) is 0 Å². The summed E-state index contributed by atoms with van der Waals surface area (Å²) < 4.78 is 69.2. The second-order valence-electron chi connectivity index (χ2n) is 8.80. The molecular weight excluding hydrogens is 432 g/mol. The summed E-state index contributed by atoms with van der Waals surface area (Å²) in [4.78, 5) is 0. The van der Waals surface area contributed by atoms with Gasteiger partial charge in [0, 0.05) is 11.1 Å². The van der Waals surface area contributed by atoms with E-state index in [0.717, 1.165) is 0 Å². The van der Waals surface area contributed by atoms with Crippen LogP contribution in [0.25, 0.3) is 11.1 Å². The van der Waals surface area contributed by atoms with Gasteiger partial charge in [-0.2, -0.15) is 0 Å². The van der Waals surface area contributed by atoms with E-state index in [2.05, 4.69) is 0 Å². The number of ether oxygens (including phenoxy) is 2. The molecule has 0 spiro atoms. The lowest BCUT2D eigenvalue weighted by Gasteiger charge is -2.30. The lowest BCUT2D eigenvalue weighted by atomic mass is 9.75. The zero-order valence-corrected chi connectivity index (χ0v) is 18.2. The molecule has 0 bridgehead atoms. The van der Waals surface area contributed by atoms with Gasteiger partial charge in [-0.3, -0.25) is 0 Å². The lowest BCUT2D eigenvalue weighted by Crippen LogP contribution is -2.15. The number of benzene rings is 3. The van der Waals surface area contributed by atoms with Gasteiger partial charge in [0.2, 0.25) is 0 Å². The maximum atomic E-state index is 15.0. The number of epoxide rings is 1. The van der Waals surface area contributed by atoms with Crippen LogP contribution in [-0.4, -0.2) is 13.7 Å². The van der Waals surface area contributed by atoms with Gasteiger partial charge >= 0.3 is 0 Å². The number of methoxy groups -OCH3 is 1. The Hall–Kier alpha value is -2.86. The topological polar surface area (TPSA) is 21.8 Å². The standard InChI is InChI=1S/C27H24F4O2/c1-32-18-8-6-17(7-9-18)20-11-10-19(24(28)25(20)29)15-2-4-16(5-3-15)21-12-13-22(23-14-33-23)27(31)26(21)30/h6-13,15-16,23H,2-5,14H2,1H3. The van der Waals surface area contributed by atoms with E-state index in [9.17, 15) is 13.2 Å². The molecule has 1 atom stereocenters. The van der Waals surface area contributed by atoms with E-state index >= 15 is 4.39 Å². The Morgan fingerprint density at radius 3 is 1.70 bits per heavy atom. The van der Waals surface area contributed by atoms with Crippen LogP contribution in [0.3, 0.4) is 0 Å². The molecule has 2 aliphatic rings. The summed E-state index contributed by atoms with van der Waals surface area (Å²) in [7, 11) is 1.54. The molecule has 2 nitrogen and oxygen atoms in total. The van der Waals surface area contributed by atoms with Crippen molar-refractivity contribution in [3.8, 4) is 16.9 Å². The Bertz CT molecular complexity index is 1160. The van der Waals surface area contributed by atoms with Crippen LogP contribution in [0.15, 0.2) is 48.5 Å². The van der Waals surface area contributed by atoms with Gasteiger partial charge in [0.05, 0.1) is 13.7 Å². The van der Waals surface area contributed by atoms with Gasteiger partial charge in [-0.15, -0.1) is 0 Å². The van der Waals surface area contributed by atoms with E-state index in [1.165, 1.54) is 0 Å². The molecule has 6 heteroatoms. The maximum absolute atomic E-state index is 15.0. The van der Waals surface area contributed by atoms with Crippen LogP contribution in [0.2, 0.25) is 0 Å². The average Bonchev–Trinajstić information content (AvgIpc) is 3.68. The first-order chi connectivity index (χ1) is 16.0. The Kier molecular flexibility index (Phi) is 5.87. The number of halogens is 4. The highest BCUT2D eigenvalue weighted by Crippen LogP contribution is 2.44. The zero-order chi connectivity index (χ0) is 23.1. The molecule has 1 saturated carbocycles. The highest BCUT2D eigenvalue weighted by atomic mass is 19.2. The molecule has 1 heterocycles. The summed E-state index contributed by atoms with van der Waals surface area (Å²) in [6, 6.07) is 13.3. The zero-order valence-electron chi connectivity index (χ0n) is 18.2. The fraction of sp³-hybridized carbons (Fsp3) is 0.333. The normalized spacial score (nSPS) is 22.3. The van der Waals surface area contributed by atoms with Crippen molar-refractivity contribution in [3.63, 3.8) is 0 Å². The molecule has 1 aliphatic heterocycles. The summed E-state index contributed by atoms with van der Waals surface area (Å²) in [5, 5.41) is 0. The lowest BCUT2D eigenvalue weighted by molar-refractivity contribution is 0.367. The molecule has 1 saturated heterocycles. The molecule has 2 fully saturated rings. The Labute approximate surface area is 190 Å². The number of rotatable bonds is 5. The van der Waals surface area contributed by atoms with Gasteiger partial charge < -0.3 is 9.47 Å². The first-order valence-electron chi connectivity index (χ1n) is 11.2. The molecule has 1 unspecified atom stereocenters. The summed E-state index contributed by atoms with van der Waals surface area (Å²) in [5.41, 5.74) is 1.73. The smallest absolute Gasteiger partial charge is 0.166 e. The third-order valence-electron chi connectivity index (χ3n) is 6.94. The van der Waals surface area contributed by atoms with Gasteiger partial charge in [-0.05, 0) is 66.3 Å². The van der Waals surface area contributed by atoms with Gasteiger partial charge in [-0.25, -0.2) is 17.6 Å². The summed E-state index contributed by atoms with van der Waals surface area (Å²) >= 11 is 0. The summed E-state index contributed by atoms with van der Waals surface area (Å²) in [6.07, 6.45) is 1.99. The first kappa shape index (κ1) is 22.0.